The first-order valence-corrected chi connectivity index (χ1v) is 10.5. The maximum Gasteiger partial charge on any atom is 0.278 e. The molecule has 3 rings (SSSR count). The number of nitrogens with zero attached hydrogens (tertiary/aromatic N) is 1. The molecular formula is C24H26F2N2O4. The topological polar surface area (TPSA) is 67.9 Å². The molecule has 170 valence electrons. The molecule has 1 aliphatic heterocycles. The van der Waals surface area contributed by atoms with Gasteiger partial charge in [-0.1, -0.05) is 12.1 Å². The average molecular weight is 444 g/mol. The summed E-state index contributed by atoms with van der Waals surface area (Å²) in [5.74, 6) is -2.43. The van der Waals surface area contributed by atoms with Crippen LogP contribution in [0.25, 0.3) is 5.57 Å². The lowest BCUT2D eigenvalue weighted by atomic mass is 10.0. The minimum Gasteiger partial charge on any atom is -0.494 e. The third kappa shape index (κ3) is 5.31. The molecule has 0 unspecified atom stereocenters. The Labute approximate surface area is 185 Å². The number of imide groups is 1. The summed E-state index contributed by atoms with van der Waals surface area (Å²) in [6.07, 6.45) is 0.521. The molecule has 32 heavy (non-hydrogen) atoms. The van der Waals surface area contributed by atoms with E-state index >= 15 is 0 Å². The molecule has 0 saturated carbocycles. The lowest BCUT2D eigenvalue weighted by Crippen LogP contribution is -2.34. The molecule has 0 atom stereocenters. The van der Waals surface area contributed by atoms with Gasteiger partial charge in [0.25, 0.3) is 11.8 Å². The van der Waals surface area contributed by atoms with Gasteiger partial charge < -0.3 is 14.8 Å². The van der Waals surface area contributed by atoms with Gasteiger partial charge in [-0.3, -0.25) is 14.5 Å². The molecule has 8 heteroatoms. The molecule has 0 aliphatic carbocycles. The van der Waals surface area contributed by atoms with E-state index in [1.165, 1.54) is 6.07 Å². The van der Waals surface area contributed by atoms with Crippen LogP contribution in [0.15, 0.2) is 48.2 Å². The Morgan fingerprint density at radius 2 is 1.72 bits per heavy atom. The molecule has 0 spiro atoms. The molecular weight excluding hydrogens is 418 g/mol. The van der Waals surface area contributed by atoms with E-state index in [9.17, 15) is 18.4 Å². The molecule has 6 nitrogen and oxygen atoms in total. The number of carbonyl (C=O) groups is 2. The van der Waals surface area contributed by atoms with Gasteiger partial charge in [0.15, 0.2) is 11.6 Å². The van der Waals surface area contributed by atoms with Crippen molar-refractivity contribution in [1.29, 1.82) is 0 Å². The van der Waals surface area contributed by atoms with E-state index in [1.54, 1.807) is 24.3 Å². The first-order chi connectivity index (χ1) is 15.3. The van der Waals surface area contributed by atoms with Crippen LogP contribution < -0.4 is 10.1 Å². The Hall–Kier alpha value is -3.26. The van der Waals surface area contributed by atoms with Crippen molar-refractivity contribution in [2.45, 2.75) is 33.3 Å². The number of hydrogen-bond acceptors (Lipinski definition) is 5. The van der Waals surface area contributed by atoms with Gasteiger partial charge in [-0.15, -0.1) is 0 Å². The molecule has 0 radical (unpaired) electrons. The van der Waals surface area contributed by atoms with Gasteiger partial charge in [0, 0.05) is 24.9 Å². The fraction of sp³-hybridized carbons (Fsp3) is 0.333. The van der Waals surface area contributed by atoms with E-state index in [1.807, 2.05) is 20.8 Å². The van der Waals surface area contributed by atoms with Crippen LogP contribution in [0.3, 0.4) is 0 Å². The Kier molecular flexibility index (Phi) is 7.58. The van der Waals surface area contributed by atoms with Gasteiger partial charge >= 0.3 is 0 Å². The highest BCUT2D eigenvalue weighted by atomic mass is 19.2. The fourth-order valence-corrected chi connectivity index (χ4v) is 3.31. The van der Waals surface area contributed by atoms with Crippen LogP contribution in [0.1, 0.15) is 32.8 Å². The summed E-state index contributed by atoms with van der Waals surface area (Å²) >= 11 is 0. The minimum atomic E-state index is -1.06. The standard InChI is InChI=1S/C24H26F2N2O4/c1-4-31-18-9-6-16(7-10-18)21-22(27-17-8-11-19(25)20(26)14-17)24(30)28(23(21)29)12-5-13-32-15(2)3/h6-11,14-15,27H,4-5,12-13H2,1-3H3. The van der Waals surface area contributed by atoms with Crippen LogP contribution in [0, 0.1) is 11.6 Å². The van der Waals surface area contributed by atoms with Crippen molar-refractivity contribution < 1.29 is 27.8 Å². The number of nitrogens with one attached hydrogen (secondary N) is 1. The zero-order valence-electron chi connectivity index (χ0n) is 18.3. The lowest BCUT2D eigenvalue weighted by Gasteiger charge is -2.16. The zero-order valence-corrected chi connectivity index (χ0v) is 18.3. The molecule has 2 aromatic rings. The van der Waals surface area contributed by atoms with Crippen molar-refractivity contribution in [2.75, 3.05) is 25.1 Å². The molecule has 1 aliphatic rings. The first kappa shape index (κ1) is 23.4. The summed E-state index contributed by atoms with van der Waals surface area (Å²) in [5.41, 5.74) is 0.841. The Morgan fingerprint density at radius 3 is 2.34 bits per heavy atom. The van der Waals surface area contributed by atoms with Crippen molar-refractivity contribution >= 4 is 23.1 Å². The van der Waals surface area contributed by atoms with Crippen molar-refractivity contribution in [3.63, 3.8) is 0 Å². The Bertz CT molecular complexity index is 1020. The van der Waals surface area contributed by atoms with Gasteiger partial charge in [0.1, 0.15) is 11.4 Å². The van der Waals surface area contributed by atoms with E-state index in [-0.39, 0.29) is 29.6 Å². The van der Waals surface area contributed by atoms with Gasteiger partial charge in [0.05, 0.1) is 18.3 Å². The number of carbonyl (C=O) groups excluding carboxylic acids is 2. The largest absolute Gasteiger partial charge is 0.494 e. The van der Waals surface area contributed by atoms with Crippen LogP contribution in [0.4, 0.5) is 14.5 Å². The van der Waals surface area contributed by atoms with Crippen LogP contribution in [-0.4, -0.2) is 42.6 Å². The number of halogens is 2. The van der Waals surface area contributed by atoms with E-state index in [0.717, 1.165) is 17.0 Å². The number of ether oxygens (including phenoxy) is 2. The number of benzene rings is 2. The van der Waals surface area contributed by atoms with E-state index < -0.39 is 23.4 Å². The molecule has 0 saturated heterocycles. The van der Waals surface area contributed by atoms with Crippen molar-refractivity contribution in [3.8, 4) is 5.75 Å². The monoisotopic (exact) mass is 444 g/mol. The zero-order chi connectivity index (χ0) is 23.3. The molecule has 2 aromatic carbocycles. The second-order valence-corrected chi connectivity index (χ2v) is 7.50. The third-order valence-corrected chi connectivity index (χ3v) is 4.79. The van der Waals surface area contributed by atoms with Gasteiger partial charge in [-0.05, 0) is 57.0 Å². The second-order valence-electron chi connectivity index (χ2n) is 7.50. The van der Waals surface area contributed by atoms with Crippen LogP contribution in [0.2, 0.25) is 0 Å². The Balaban J connectivity index is 1.91. The van der Waals surface area contributed by atoms with Crippen molar-refractivity contribution in [3.05, 3.63) is 65.4 Å². The number of rotatable bonds is 10. The fourth-order valence-electron chi connectivity index (χ4n) is 3.31. The predicted molar refractivity (Wildman–Crippen MR) is 117 cm³/mol. The first-order valence-electron chi connectivity index (χ1n) is 10.5. The summed E-state index contributed by atoms with van der Waals surface area (Å²) < 4.78 is 37.9. The summed E-state index contributed by atoms with van der Waals surface area (Å²) in [6.45, 7) is 6.74. The smallest absolute Gasteiger partial charge is 0.278 e. The second kappa shape index (κ2) is 10.4. The quantitative estimate of drug-likeness (QED) is 0.435. The van der Waals surface area contributed by atoms with Gasteiger partial charge in [0.2, 0.25) is 0 Å². The molecule has 1 heterocycles. The molecule has 1 N–H and O–H groups in total. The lowest BCUT2D eigenvalue weighted by molar-refractivity contribution is -0.137. The average Bonchev–Trinajstić information content (AvgIpc) is 2.98. The minimum absolute atomic E-state index is 0.00921. The summed E-state index contributed by atoms with van der Waals surface area (Å²) in [5, 5.41) is 2.81. The van der Waals surface area contributed by atoms with E-state index in [2.05, 4.69) is 5.32 Å². The summed E-state index contributed by atoms with van der Waals surface area (Å²) in [6, 6.07) is 9.98. The third-order valence-electron chi connectivity index (χ3n) is 4.79. The van der Waals surface area contributed by atoms with Gasteiger partial charge in [-0.2, -0.15) is 0 Å². The molecule has 2 amide bonds. The number of hydrogen-bond donors (Lipinski definition) is 1. The SMILES string of the molecule is CCOc1ccc(C2=C(Nc3ccc(F)c(F)c3)C(=O)N(CCCOC(C)C)C2=O)cc1. The normalized spacial score (nSPS) is 14.0. The van der Waals surface area contributed by atoms with Crippen LogP contribution in [-0.2, 0) is 14.3 Å². The molecule has 0 bridgehead atoms. The summed E-state index contributed by atoms with van der Waals surface area (Å²) in [4.78, 5) is 27.4. The van der Waals surface area contributed by atoms with Crippen molar-refractivity contribution in [2.24, 2.45) is 0 Å². The maximum atomic E-state index is 13.7. The van der Waals surface area contributed by atoms with Crippen LogP contribution >= 0.6 is 0 Å². The van der Waals surface area contributed by atoms with Crippen LogP contribution in [0.5, 0.6) is 5.75 Å². The Morgan fingerprint density at radius 1 is 1.00 bits per heavy atom. The number of amides is 2. The maximum absolute atomic E-state index is 13.7. The predicted octanol–water partition coefficient (Wildman–Crippen LogP) is 4.37. The number of anilines is 1. The summed E-state index contributed by atoms with van der Waals surface area (Å²) in [7, 11) is 0. The van der Waals surface area contributed by atoms with Gasteiger partial charge in [-0.25, -0.2) is 8.78 Å². The van der Waals surface area contributed by atoms with E-state index in [4.69, 9.17) is 9.47 Å². The molecule has 0 aromatic heterocycles. The molecule has 0 fully saturated rings. The highest BCUT2D eigenvalue weighted by Gasteiger charge is 2.39. The highest BCUT2D eigenvalue weighted by molar-refractivity contribution is 6.36. The highest BCUT2D eigenvalue weighted by Crippen LogP contribution is 2.32. The van der Waals surface area contributed by atoms with Crippen molar-refractivity contribution in [1.82, 2.24) is 4.90 Å². The van der Waals surface area contributed by atoms with E-state index in [0.29, 0.717) is 30.9 Å².